The zero-order valence-corrected chi connectivity index (χ0v) is 12.6. The van der Waals surface area contributed by atoms with Crippen molar-refractivity contribution in [2.75, 3.05) is 0 Å². The lowest BCUT2D eigenvalue weighted by Crippen LogP contribution is -2.23. The van der Waals surface area contributed by atoms with Crippen molar-refractivity contribution in [3.05, 3.63) is 76.4 Å². The molecule has 0 fully saturated rings. The molecule has 0 amide bonds. The van der Waals surface area contributed by atoms with E-state index in [1.54, 1.807) is 6.20 Å². The minimum Gasteiger partial charge on any atom is -0.381 e. The van der Waals surface area contributed by atoms with Crippen LogP contribution in [0, 0.1) is 0 Å². The fourth-order valence-electron chi connectivity index (χ4n) is 2.39. The van der Waals surface area contributed by atoms with E-state index in [1.807, 2.05) is 61.5 Å². The van der Waals surface area contributed by atoms with E-state index >= 15 is 0 Å². The number of rotatable bonds is 2. The second-order valence-corrected chi connectivity index (χ2v) is 5.82. The normalized spacial score (nSPS) is 14.2. The topological polar surface area (TPSA) is 33.1 Å². The van der Waals surface area contributed by atoms with Gasteiger partial charge in [-0.3, -0.25) is 4.98 Å². The van der Waals surface area contributed by atoms with Gasteiger partial charge in [0.05, 0.1) is 5.52 Å². The first-order valence-corrected chi connectivity index (χ1v) is 7.21. The molecular weight excluding hydrogens is 314 g/mol. The van der Waals surface area contributed by atoms with Gasteiger partial charge in [0.2, 0.25) is 0 Å². The highest BCUT2D eigenvalue weighted by Gasteiger charge is 2.27. The fraction of sp³-hybridized carbons (Fsp3) is 0.118. The van der Waals surface area contributed by atoms with Crippen LogP contribution in [0.15, 0.2) is 65.3 Å². The lowest BCUT2D eigenvalue weighted by molar-refractivity contribution is 0.102. The van der Waals surface area contributed by atoms with E-state index in [9.17, 15) is 5.11 Å². The van der Waals surface area contributed by atoms with E-state index in [0.717, 1.165) is 26.5 Å². The lowest BCUT2D eigenvalue weighted by atomic mass is 9.87. The van der Waals surface area contributed by atoms with Crippen molar-refractivity contribution in [3.63, 3.8) is 0 Å². The van der Waals surface area contributed by atoms with E-state index in [2.05, 4.69) is 20.9 Å². The minimum absolute atomic E-state index is 0.850. The molecule has 0 aliphatic heterocycles. The molecule has 2 aromatic carbocycles. The smallest absolute Gasteiger partial charge is 0.113 e. The van der Waals surface area contributed by atoms with Crippen LogP contribution in [0.3, 0.4) is 0 Å². The Morgan fingerprint density at radius 1 is 1.05 bits per heavy atom. The molecule has 1 aromatic heterocycles. The Hall–Kier alpha value is -1.71. The maximum Gasteiger partial charge on any atom is 0.113 e. The maximum absolute atomic E-state index is 10.9. The Balaban J connectivity index is 2.16. The molecule has 20 heavy (non-hydrogen) atoms. The molecule has 0 bridgehead atoms. The molecule has 1 heterocycles. The van der Waals surface area contributed by atoms with Gasteiger partial charge in [0.25, 0.3) is 0 Å². The van der Waals surface area contributed by atoms with Crippen molar-refractivity contribution in [1.82, 2.24) is 4.98 Å². The number of hydrogen-bond donors (Lipinski definition) is 1. The van der Waals surface area contributed by atoms with Gasteiger partial charge in [-0.2, -0.15) is 0 Å². The molecule has 0 spiro atoms. The summed E-state index contributed by atoms with van der Waals surface area (Å²) in [6, 6.07) is 17.5. The first-order valence-electron chi connectivity index (χ1n) is 6.42. The van der Waals surface area contributed by atoms with E-state index in [1.165, 1.54) is 0 Å². The molecule has 1 N–H and O–H groups in total. The molecule has 2 nitrogen and oxygen atoms in total. The van der Waals surface area contributed by atoms with Crippen LogP contribution in [0.1, 0.15) is 18.1 Å². The minimum atomic E-state index is -1.05. The summed E-state index contributed by atoms with van der Waals surface area (Å²) >= 11 is 3.51. The zero-order chi connectivity index (χ0) is 14.2. The van der Waals surface area contributed by atoms with E-state index < -0.39 is 5.60 Å². The largest absolute Gasteiger partial charge is 0.381 e. The Morgan fingerprint density at radius 2 is 1.85 bits per heavy atom. The van der Waals surface area contributed by atoms with Crippen LogP contribution < -0.4 is 0 Å². The highest BCUT2D eigenvalue weighted by molar-refractivity contribution is 9.10. The van der Waals surface area contributed by atoms with Gasteiger partial charge in [-0.25, -0.2) is 0 Å². The molecule has 0 saturated carbocycles. The second kappa shape index (κ2) is 5.00. The molecule has 3 heteroatoms. The lowest BCUT2D eigenvalue weighted by Gasteiger charge is -2.26. The van der Waals surface area contributed by atoms with Crippen LogP contribution in [-0.2, 0) is 5.60 Å². The van der Waals surface area contributed by atoms with Crippen LogP contribution in [0.5, 0.6) is 0 Å². The van der Waals surface area contributed by atoms with Gasteiger partial charge in [-0.15, -0.1) is 0 Å². The van der Waals surface area contributed by atoms with Crippen LogP contribution in [-0.4, -0.2) is 10.1 Å². The van der Waals surface area contributed by atoms with Crippen LogP contribution in [0.2, 0.25) is 0 Å². The van der Waals surface area contributed by atoms with Crippen molar-refractivity contribution in [1.29, 1.82) is 0 Å². The number of benzene rings is 2. The number of aromatic nitrogens is 1. The molecule has 0 saturated heterocycles. The standard InChI is InChI=1S/C17H14BrNO/c1-17(20,14-6-2-3-7-15(14)18)13-8-9-16-12(11-13)5-4-10-19-16/h2-11,20H,1H3. The number of halogens is 1. The summed E-state index contributed by atoms with van der Waals surface area (Å²) in [6.07, 6.45) is 1.77. The fourth-order valence-corrected chi connectivity index (χ4v) is 3.06. The van der Waals surface area contributed by atoms with Gasteiger partial charge >= 0.3 is 0 Å². The SMILES string of the molecule is CC(O)(c1ccc2ncccc2c1)c1ccccc1Br. The molecule has 0 aliphatic carbocycles. The first kappa shape index (κ1) is 13.3. The third-order valence-corrected chi connectivity index (χ3v) is 4.25. The van der Waals surface area contributed by atoms with Gasteiger partial charge in [0.1, 0.15) is 5.60 Å². The number of hydrogen-bond acceptors (Lipinski definition) is 2. The Kier molecular flexibility index (Phi) is 3.32. The summed E-state index contributed by atoms with van der Waals surface area (Å²) in [5.74, 6) is 0. The molecule has 1 unspecified atom stereocenters. The number of pyridine rings is 1. The van der Waals surface area contributed by atoms with Gasteiger partial charge in [0, 0.05) is 21.6 Å². The molecule has 3 rings (SSSR count). The van der Waals surface area contributed by atoms with Crippen LogP contribution in [0.4, 0.5) is 0 Å². The van der Waals surface area contributed by atoms with E-state index in [0.29, 0.717) is 0 Å². The summed E-state index contributed by atoms with van der Waals surface area (Å²) in [5, 5.41) is 12.0. The summed E-state index contributed by atoms with van der Waals surface area (Å²) < 4.78 is 0.899. The van der Waals surface area contributed by atoms with Crippen molar-refractivity contribution in [2.24, 2.45) is 0 Å². The number of fused-ring (bicyclic) bond motifs is 1. The zero-order valence-electron chi connectivity index (χ0n) is 11.0. The van der Waals surface area contributed by atoms with Crippen molar-refractivity contribution in [2.45, 2.75) is 12.5 Å². The molecule has 0 aliphatic rings. The van der Waals surface area contributed by atoms with Crippen LogP contribution in [0.25, 0.3) is 10.9 Å². The van der Waals surface area contributed by atoms with E-state index in [4.69, 9.17) is 0 Å². The van der Waals surface area contributed by atoms with Crippen LogP contribution >= 0.6 is 15.9 Å². The number of nitrogens with zero attached hydrogens (tertiary/aromatic N) is 1. The molecule has 1 atom stereocenters. The summed E-state index contributed by atoms with van der Waals surface area (Å²) in [7, 11) is 0. The van der Waals surface area contributed by atoms with Gasteiger partial charge < -0.3 is 5.11 Å². The average Bonchev–Trinajstić information content (AvgIpc) is 2.47. The van der Waals surface area contributed by atoms with Crippen molar-refractivity contribution < 1.29 is 5.11 Å². The molecule has 3 aromatic rings. The summed E-state index contributed by atoms with van der Waals surface area (Å²) in [4.78, 5) is 4.30. The number of aliphatic hydroxyl groups is 1. The Labute approximate surface area is 126 Å². The summed E-state index contributed by atoms with van der Waals surface area (Å²) in [6.45, 7) is 1.81. The Bertz CT molecular complexity index is 768. The predicted molar refractivity (Wildman–Crippen MR) is 84.6 cm³/mol. The molecule has 0 radical (unpaired) electrons. The van der Waals surface area contributed by atoms with Crippen molar-refractivity contribution >= 4 is 26.8 Å². The van der Waals surface area contributed by atoms with Crippen molar-refractivity contribution in [3.8, 4) is 0 Å². The monoisotopic (exact) mass is 327 g/mol. The second-order valence-electron chi connectivity index (χ2n) is 4.96. The summed E-state index contributed by atoms with van der Waals surface area (Å²) in [5.41, 5.74) is 1.58. The Morgan fingerprint density at radius 3 is 2.65 bits per heavy atom. The van der Waals surface area contributed by atoms with Gasteiger partial charge in [-0.1, -0.05) is 46.3 Å². The maximum atomic E-state index is 10.9. The third-order valence-electron chi connectivity index (χ3n) is 3.56. The van der Waals surface area contributed by atoms with Gasteiger partial charge in [0.15, 0.2) is 0 Å². The highest BCUT2D eigenvalue weighted by atomic mass is 79.9. The average molecular weight is 328 g/mol. The quantitative estimate of drug-likeness (QED) is 0.763. The predicted octanol–water partition coefficient (Wildman–Crippen LogP) is 4.25. The van der Waals surface area contributed by atoms with Gasteiger partial charge in [-0.05, 0) is 36.8 Å². The first-order chi connectivity index (χ1) is 9.59. The molecule has 100 valence electrons. The highest BCUT2D eigenvalue weighted by Crippen LogP contribution is 2.34. The molecular formula is C17H14BrNO. The third kappa shape index (κ3) is 2.23. The van der Waals surface area contributed by atoms with E-state index in [-0.39, 0.29) is 0 Å².